The van der Waals surface area contributed by atoms with Crippen molar-refractivity contribution in [3.05, 3.63) is 71.4 Å². The first kappa shape index (κ1) is 18.4. The average Bonchev–Trinajstić information content (AvgIpc) is 3.04. The van der Waals surface area contributed by atoms with Gasteiger partial charge in [0.2, 0.25) is 0 Å². The topological polar surface area (TPSA) is 37.3 Å². The fraction of sp³-hybridized carbons (Fsp3) is 0.400. The quantitative estimate of drug-likeness (QED) is 0.719. The molecule has 3 aromatic rings. The molecule has 1 amide bonds. The smallest absolute Gasteiger partial charge is 0.251 e. The first-order valence-corrected chi connectivity index (χ1v) is 10.9. The van der Waals surface area contributed by atoms with Crippen LogP contribution >= 0.6 is 0 Å². The Labute approximate surface area is 172 Å². The molecule has 0 spiro atoms. The van der Waals surface area contributed by atoms with Crippen LogP contribution in [0.4, 0.5) is 0 Å². The minimum absolute atomic E-state index is 0.0387. The fourth-order valence-electron chi connectivity index (χ4n) is 5.00. The van der Waals surface area contributed by atoms with Crippen molar-refractivity contribution in [1.29, 1.82) is 0 Å². The summed E-state index contributed by atoms with van der Waals surface area (Å²) in [4.78, 5) is 14.7. The molecule has 3 fully saturated rings. The normalized spacial score (nSPS) is 22.6. The number of hydrogen-bond acceptors (Lipinski definition) is 2. The molecule has 3 saturated heterocycles. The zero-order valence-electron chi connectivity index (χ0n) is 16.9. The molecule has 0 saturated carbocycles. The van der Waals surface area contributed by atoms with E-state index in [1.165, 1.54) is 50.0 Å². The van der Waals surface area contributed by atoms with Gasteiger partial charge >= 0.3 is 0 Å². The largest absolute Gasteiger partial charge is 0.352 e. The Bertz CT molecular complexity index is 977. The molecule has 4 nitrogen and oxygen atoms in total. The van der Waals surface area contributed by atoms with Crippen LogP contribution in [0.1, 0.15) is 40.7 Å². The summed E-state index contributed by atoms with van der Waals surface area (Å²) in [7, 11) is 0. The Hall–Kier alpha value is -2.59. The van der Waals surface area contributed by atoms with Crippen molar-refractivity contribution >= 4 is 16.8 Å². The van der Waals surface area contributed by atoms with Crippen molar-refractivity contribution in [2.45, 2.75) is 32.2 Å². The monoisotopic (exact) mass is 387 g/mol. The van der Waals surface area contributed by atoms with E-state index in [9.17, 15) is 4.79 Å². The van der Waals surface area contributed by atoms with Crippen LogP contribution in [0.15, 0.2) is 54.7 Å². The van der Waals surface area contributed by atoms with Crippen LogP contribution < -0.4 is 5.32 Å². The highest BCUT2D eigenvalue weighted by Crippen LogP contribution is 2.28. The highest BCUT2D eigenvalue weighted by molar-refractivity contribution is 6.08. The van der Waals surface area contributed by atoms with Crippen LogP contribution in [-0.4, -0.2) is 41.6 Å². The maximum atomic E-state index is 12.1. The number of nitrogens with one attached hydrogen (secondary N) is 1. The van der Waals surface area contributed by atoms with Crippen LogP contribution in [0.25, 0.3) is 10.9 Å². The van der Waals surface area contributed by atoms with E-state index in [1.54, 1.807) is 0 Å². The van der Waals surface area contributed by atoms with Gasteiger partial charge in [0, 0.05) is 35.8 Å². The van der Waals surface area contributed by atoms with Crippen molar-refractivity contribution in [1.82, 2.24) is 14.8 Å². The molecular weight excluding hydrogens is 358 g/mol. The van der Waals surface area contributed by atoms with E-state index < -0.39 is 0 Å². The van der Waals surface area contributed by atoms with E-state index in [4.69, 9.17) is 0 Å². The third-order valence-corrected chi connectivity index (χ3v) is 6.67. The number of carbonyl (C=O) groups is 1. The highest BCUT2D eigenvalue weighted by atomic mass is 16.1. The summed E-state index contributed by atoms with van der Waals surface area (Å²) in [6.07, 6.45) is 7.54. The highest BCUT2D eigenvalue weighted by Gasteiger charge is 2.24. The van der Waals surface area contributed by atoms with Gasteiger partial charge in [0.25, 0.3) is 5.91 Å². The van der Waals surface area contributed by atoms with Gasteiger partial charge in [-0.25, -0.2) is 0 Å². The predicted molar refractivity (Wildman–Crippen MR) is 117 cm³/mol. The molecule has 2 aromatic carbocycles. The molecule has 0 radical (unpaired) electrons. The number of nitrogens with zero attached hydrogens (tertiary/aromatic N) is 2. The van der Waals surface area contributed by atoms with Crippen LogP contribution in [-0.2, 0) is 13.0 Å². The molecule has 0 unspecified atom stereocenters. The number of fused-ring (bicyclic) bond motifs is 3. The summed E-state index contributed by atoms with van der Waals surface area (Å²) >= 11 is 0. The summed E-state index contributed by atoms with van der Waals surface area (Å²) in [5.41, 5.74) is 4.47. The van der Waals surface area contributed by atoms with Crippen molar-refractivity contribution < 1.29 is 4.79 Å². The molecule has 4 aliphatic heterocycles. The van der Waals surface area contributed by atoms with E-state index in [-0.39, 0.29) is 5.91 Å². The summed E-state index contributed by atoms with van der Waals surface area (Å²) in [6, 6.07) is 16.4. The lowest BCUT2D eigenvalue weighted by Crippen LogP contribution is -2.41. The van der Waals surface area contributed by atoms with Crippen LogP contribution in [0.5, 0.6) is 0 Å². The maximum Gasteiger partial charge on any atom is 0.251 e. The zero-order chi connectivity index (χ0) is 19.6. The van der Waals surface area contributed by atoms with Gasteiger partial charge in [0.05, 0.1) is 0 Å². The van der Waals surface area contributed by atoms with Gasteiger partial charge < -0.3 is 14.8 Å². The van der Waals surface area contributed by atoms with Crippen molar-refractivity contribution in [2.24, 2.45) is 5.92 Å². The lowest BCUT2D eigenvalue weighted by atomic mass is 9.89. The fourth-order valence-corrected chi connectivity index (χ4v) is 5.00. The SMILES string of the molecule is C1CN2CCC1CC2.O=C1NCCc2cn(Cc3ccccc3)c3cccc1c23. The minimum atomic E-state index is 0.0387. The molecule has 1 N–H and O–H groups in total. The molecular formula is C25H29N3O. The second-order valence-corrected chi connectivity index (χ2v) is 8.55. The first-order valence-electron chi connectivity index (χ1n) is 10.9. The van der Waals surface area contributed by atoms with E-state index in [0.29, 0.717) is 6.54 Å². The molecule has 4 aliphatic rings. The van der Waals surface area contributed by atoms with Crippen molar-refractivity contribution in [2.75, 3.05) is 26.2 Å². The van der Waals surface area contributed by atoms with Gasteiger partial charge in [-0.15, -0.1) is 0 Å². The van der Waals surface area contributed by atoms with Gasteiger partial charge in [0.1, 0.15) is 0 Å². The number of amides is 1. The van der Waals surface area contributed by atoms with E-state index >= 15 is 0 Å². The van der Waals surface area contributed by atoms with Crippen molar-refractivity contribution in [3.63, 3.8) is 0 Å². The number of hydrogen-bond donors (Lipinski definition) is 1. The first-order chi connectivity index (χ1) is 14.3. The molecule has 5 heterocycles. The van der Waals surface area contributed by atoms with Crippen LogP contribution in [0, 0.1) is 5.92 Å². The summed E-state index contributed by atoms with van der Waals surface area (Å²) in [5.74, 6) is 1.15. The Balaban J connectivity index is 0.000000189. The second-order valence-electron chi connectivity index (χ2n) is 8.55. The minimum Gasteiger partial charge on any atom is -0.352 e. The van der Waals surface area contributed by atoms with Gasteiger partial charge in [-0.3, -0.25) is 4.79 Å². The molecule has 150 valence electrons. The number of benzene rings is 2. The number of aromatic nitrogens is 1. The number of rotatable bonds is 2. The average molecular weight is 388 g/mol. The summed E-state index contributed by atoms with van der Waals surface area (Å²) in [6.45, 7) is 5.72. The van der Waals surface area contributed by atoms with Gasteiger partial charge in [0.15, 0.2) is 0 Å². The Morgan fingerprint density at radius 1 is 0.931 bits per heavy atom. The third-order valence-electron chi connectivity index (χ3n) is 6.67. The maximum absolute atomic E-state index is 12.1. The summed E-state index contributed by atoms with van der Waals surface area (Å²) in [5, 5.41) is 4.07. The van der Waals surface area contributed by atoms with E-state index in [2.05, 4.69) is 51.3 Å². The molecule has 1 aromatic heterocycles. The van der Waals surface area contributed by atoms with Gasteiger partial charge in [-0.05, 0) is 74.5 Å². The third kappa shape index (κ3) is 3.82. The van der Waals surface area contributed by atoms with E-state index in [1.807, 2.05) is 18.2 Å². The number of piperidine rings is 3. The molecule has 0 atom stereocenters. The zero-order valence-corrected chi connectivity index (χ0v) is 16.9. The Morgan fingerprint density at radius 2 is 1.69 bits per heavy atom. The number of carbonyl (C=O) groups excluding carboxylic acids is 1. The van der Waals surface area contributed by atoms with Crippen LogP contribution in [0.2, 0.25) is 0 Å². The standard InChI is InChI=1S/C18H16N2O.C7H13N/c21-18-15-7-4-8-16-17(15)14(9-10-19-18)12-20(16)11-13-5-2-1-3-6-13;1-4-8-5-2-7(1)3-6-8/h1-8,12H,9-11H2,(H,19,21);7H,1-6H2. The lowest BCUT2D eigenvalue weighted by Gasteiger charge is -2.38. The Morgan fingerprint density at radius 3 is 2.34 bits per heavy atom. The van der Waals surface area contributed by atoms with Gasteiger partial charge in [-0.1, -0.05) is 36.4 Å². The molecule has 0 aliphatic carbocycles. The molecule has 29 heavy (non-hydrogen) atoms. The van der Waals surface area contributed by atoms with Crippen molar-refractivity contribution in [3.8, 4) is 0 Å². The Kier molecular flexibility index (Phi) is 5.11. The molecule has 4 heteroatoms. The lowest BCUT2D eigenvalue weighted by molar-refractivity contribution is 0.0957. The second kappa shape index (κ2) is 8.03. The van der Waals surface area contributed by atoms with Crippen LogP contribution in [0.3, 0.4) is 0 Å². The molecule has 7 rings (SSSR count). The predicted octanol–water partition coefficient (Wildman–Crippen LogP) is 4.08. The molecule has 2 bridgehead atoms. The van der Waals surface area contributed by atoms with E-state index in [0.717, 1.165) is 35.3 Å². The summed E-state index contributed by atoms with van der Waals surface area (Å²) < 4.78 is 2.25. The van der Waals surface area contributed by atoms with Gasteiger partial charge in [-0.2, -0.15) is 0 Å².